The highest BCUT2D eigenvalue weighted by Crippen LogP contribution is 2.51. The van der Waals surface area contributed by atoms with Gasteiger partial charge in [0, 0.05) is 50.0 Å². The van der Waals surface area contributed by atoms with Gasteiger partial charge >= 0.3 is 0 Å². The average Bonchev–Trinajstić information content (AvgIpc) is 3.04. The van der Waals surface area contributed by atoms with Gasteiger partial charge in [0.25, 0.3) is 0 Å². The van der Waals surface area contributed by atoms with Gasteiger partial charge < -0.3 is 19.9 Å². The van der Waals surface area contributed by atoms with E-state index in [9.17, 15) is 0 Å². The predicted octanol–water partition coefficient (Wildman–Crippen LogP) is 3.09. The first kappa shape index (κ1) is 23.4. The first-order valence-electron chi connectivity index (χ1n) is 10.3. The lowest BCUT2D eigenvalue weighted by molar-refractivity contribution is -0.176. The molecule has 0 spiro atoms. The molecule has 1 aliphatic heterocycles. The fourth-order valence-corrected chi connectivity index (χ4v) is 4.27. The van der Waals surface area contributed by atoms with Gasteiger partial charge in [-0.05, 0) is 26.7 Å². The van der Waals surface area contributed by atoms with Crippen molar-refractivity contribution in [2.24, 2.45) is 10.4 Å². The van der Waals surface area contributed by atoms with E-state index in [1.807, 2.05) is 7.11 Å². The Morgan fingerprint density at radius 1 is 1.29 bits per heavy atom. The van der Waals surface area contributed by atoms with Crippen LogP contribution < -0.4 is 10.6 Å². The minimum absolute atomic E-state index is 0. The lowest BCUT2D eigenvalue weighted by Crippen LogP contribution is -2.70. The van der Waals surface area contributed by atoms with Crippen molar-refractivity contribution < 1.29 is 4.74 Å². The molecule has 1 fully saturated rings. The molecule has 0 amide bonds. The minimum atomic E-state index is -0.0869. The highest BCUT2D eigenvalue weighted by Gasteiger charge is 2.58. The van der Waals surface area contributed by atoms with Crippen molar-refractivity contribution in [2.45, 2.75) is 91.0 Å². The van der Waals surface area contributed by atoms with Crippen LogP contribution in [0.5, 0.6) is 0 Å². The fraction of sp³-hybridized carbons (Fsp3) is 0.850. The molecule has 3 unspecified atom stereocenters. The minimum Gasteiger partial charge on any atom is -0.378 e. The SMILES string of the molecule is CCN=C(NC1CCc2nnc(C(C)C)n2C1)NC1CC(C)(OC)C1(C)C.I. The number of methoxy groups -OCH3 is 1. The second-order valence-corrected chi connectivity index (χ2v) is 9.00. The van der Waals surface area contributed by atoms with Gasteiger partial charge in [0.2, 0.25) is 0 Å². The molecule has 8 heteroatoms. The van der Waals surface area contributed by atoms with Gasteiger partial charge in [0.05, 0.1) is 5.60 Å². The maximum absolute atomic E-state index is 5.76. The van der Waals surface area contributed by atoms with Crippen molar-refractivity contribution in [3.8, 4) is 0 Å². The molecule has 0 bridgehead atoms. The Morgan fingerprint density at radius 3 is 2.57 bits per heavy atom. The third kappa shape index (κ3) is 4.17. The summed E-state index contributed by atoms with van der Waals surface area (Å²) >= 11 is 0. The molecule has 1 aromatic rings. The molecule has 2 heterocycles. The van der Waals surface area contributed by atoms with E-state index in [-0.39, 0.29) is 35.0 Å². The standard InChI is InChI=1S/C20H36N6O.HI/c1-8-21-18(23-15-11-20(6,27-7)19(15,4)5)22-14-9-10-16-24-25-17(13(2)3)26(16)12-14;/h13-15H,8-12H2,1-7H3,(H2,21,22,23);1H. The zero-order valence-electron chi connectivity index (χ0n) is 18.4. The first-order chi connectivity index (χ1) is 12.7. The van der Waals surface area contributed by atoms with Gasteiger partial charge in [0.1, 0.15) is 11.6 Å². The van der Waals surface area contributed by atoms with Gasteiger partial charge in [-0.2, -0.15) is 0 Å². The van der Waals surface area contributed by atoms with E-state index in [1.54, 1.807) is 0 Å². The molecular formula is C20H37IN6O. The summed E-state index contributed by atoms with van der Waals surface area (Å²) in [6, 6.07) is 0.682. The number of aromatic nitrogens is 3. The van der Waals surface area contributed by atoms with Crippen LogP contribution in [0.2, 0.25) is 0 Å². The van der Waals surface area contributed by atoms with Gasteiger partial charge in [-0.3, -0.25) is 4.99 Å². The largest absolute Gasteiger partial charge is 0.378 e. The summed E-state index contributed by atoms with van der Waals surface area (Å²) in [7, 11) is 1.81. The van der Waals surface area contributed by atoms with Gasteiger partial charge in [-0.25, -0.2) is 0 Å². The Kier molecular flexibility index (Phi) is 7.39. The van der Waals surface area contributed by atoms with E-state index in [0.29, 0.717) is 18.0 Å². The number of halogens is 1. The van der Waals surface area contributed by atoms with Crippen molar-refractivity contribution in [3.05, 3.63) is 11.6 Å². The number of hydrogen-bond donors (Lipinski definition) is 2. The second kappa shape index (κ2) is 8.85. The van der Waals surface area contributed by atoms with Gasteiger partial charge in [-0.1, -0.05) is 27.7 Å². The van der Waals surface area contributed by atoms with E-state index < -0.39 is 0 Å². The van der Waals surface area contributed by atoms with Crippen LogP contribution in [0.3, 0.4) is 0 Å². The first-order valence-corrected chi connectivity index (χ1v) is 10.3. The van der Waals surface area contributed by atoms with E-state index in [0.717, 1.165) is 50.0 Å². The second-order valence-electron chi connectivity index (χ2n) is 9.00. The van der Waals surface area contributed by atoms with Crippen LogP contribution in [0.4, 0.5) is 0 Å². The van der Waals surface area contributed by atoms with Crippen LogP contribution in [0, 0.1) is 5.41 Å². The molecule has 2 N–H and O–H groups in total. The lowest BCUT2D eigenvalue weighted by atomic mass is 9.56. The third-order valence-corrected chi connectivity index (χ3v) is 6.74. The molecule has 3 rings (SSSR count). The van der Waals surface area contributed by atoms with Crippen LogP contribution in [0.1, 0.15) is 72.0 Å². The van der Waals surface area contributed by atoms with E-state index in [1.165, 1.54) is 0 Å². The molecule has 28 heavy (non-hydrogen) atoms. The van der Waals surface area contributed by atoms with Crippen molar-refractivity contribution in [1.82, 2.24) is 25.4 Å². The number of guanidine groups is 1. The normalized spacial score (nSPS) is 28.9. The number of hydrogen-bond acceptors (Lipinski definition) is 4. The van der Waals surface area contributed by atoms with Crippen LogP contribution >= 0.6 is 24.0 Å². The number of aliphatic imine (C=N–C) groups is 1. The Balaban J connectivity index is 0.00000280. The molecule has 0 saturated heterocycles. The number of nitrogens with zero attached hydrogens (tertiary/aromatic N) is 4. The highest BCUT2D eigenvalue weighted by molar-refractivity contribution is 14.0. The molecule has 3 atom stereocenters. The zero-order valence-corrected chi connectivity index (χ0v) is 20.7. The van der Waals surface area contributed by atoms with Gasteiger partial charge in [-0.15, -0.1) is 34.2 Å². The molecular weight excluding hydrogens is 467 g/mol. The fourth-order valence-electron chi connectivity index (χ4n) is 4.27. The summed E-state index contributed by atoms with van der Waals surface area (Å²) < 4.78 is 8.04. The summed E-state index contributed by atoms with van der Waals surface area (Å²) in [6.07, 6.45) is 2.98. The third-order valence-electron chi connectivity index (χ3n) is 6.74. The van der Waals surface area contributed by atoms with Crippen molar-refractivity contribution in [3.63, 3.8) is 0 Å². The molecule has 1 aromatic heterocycles. The summed E-state index contributed by atoms with van der Waals surface area (Å²) in [6.45, 7) is 14.8. The number of nitrogens with one attached hydrogen (secondary N) is 2. The van der Waals surface area contributed by atoms with Gasteiger partial charge in [0.15, 0.2) is 5.96 Å². The molecule has 7 nitrogen and oxygen atoms in total. The summed E-state index contributed by atoms with van der Waals surface area (Å²) in [5.41, 5.74) is -0.0346. The summed E-state index contributed by atoms with van der Waals surface area (Å²) in [4.78, 5) is 4.69. The van der Waals surface area contributed by atoms with Crippen molar-refractivity contribution in [1.29, 1.82) is 0 Å². The smallest absolute Gasteiger partial charge is 0.191 e. The lowest BCUT2D eigenvalue weighted by Gasteiger charge is -2.59. The summed E-state index contributed by atoms with van der Waals surface area (Å²) in [5.74, 6) is 3.47. The Labute approximate surface area is 186 Å². The van der Waals surface area contributed by atoms with E-state index >= 15 is 0 Å². The maximum Gasteiger partial charge on any atom is 0.191 e. The zero-order chi connectivity index (χ0) is 19.8. The van der Waals surface area contributed by atoms with Crippen molar-refractivity contribution in [2.75, 3.05) is 13.7 Å². The van der Waals surface area contributed by atoms with Crippen LogP contribution in [0.15, 0.2) is 4.99 Å². The quantitative estimate of drug-likeness (QED) is 0.366. The van der Waals surface area contributed by atoms with Crippen LogP contribution in [-0.2, 0) is 17.7 Å². The van der Waals surface area contributed by atoms with E-state index in [2.05, 4.69) is 66.9 Å². The van der Waals surface area contributed by atoms with Crippen LogP contribution in [-0.4, -0.2) is 52.1 Å². The number of rotatable bonds is 5. The number of ether oxygens (including phenoxy) is 1. The van der Waals surface area contributed by atoms with Crippen LogP contribution in [0.25, 0.3) is 0 Å². The molecule has 0 radical (unpaired) electrons. The summed E-state index contributed by atoms with van der Waals surface area (Å²) in [5, 5.41) is 16.1. The highest BCUT2D eigenvalue weighted by atomic mass is 127. The number of aryl methyl sites for hydroxylation is 1. The maximum atomic E-state index is 5.76. The molecule has 0 aromatic carbocycles. The monoisotopic (exact) mass is 504 g/mol. The molecule has 2 aliphatic rings. The predicted molar refractivity (Wildman–Crippen MR) is 123 cm³/mol. The van der Waals surface area contributed by atoms with E-state index in [4.69, 9.17) is 9.73 Å². The Hall–Kier alpha value is -0.900. The Morgan fingerprint density at radius 2 is 2.00 bits per heavy atom. The molecule has 160 valence electrons. The average molecular weight is 504 g/mol. The van der Waals surface area contributed by atoms with Crippen molar-refractivity contribution >= 4 is 29.9 Å². The Bertz CT molecular complexity index is 701. The number of fused-ring (bicyclic) bond motifs is 1. The topological polar surface area (TPSA) is 76.4 Å². The molecule has 1 saturated carbocycles. The molecule has 1 aliphatic carbocycles.